The minimum Gasteiger partial charge on any atom is -0.313 e. The first kappa shape index (κ1) is 19.8. The lowest BCUT2D eigenvalue weighted by molar-refractivity contribution is 0.607. The molecular weight excluding hydrogens is 398 g/mol. The van der Waals surface area contributed by atoms with Crippen molar-refractivity contribution < 1.29 is 0 Å². The summed E-state index contributed by atoms with van der Waals surface area (Å²) in [6.07, 6.45) is 4.26. The topological polar surface area (TPSA) is 92.7 Å². The SMILES string of the molecule is CC(CC=N)=Nc1nccc(-c2ccc3c(c2)nnn3CCc2ccccc2Cl)n1. The van der Waals surface area contributed by atoms with Gasteiger partial charge in [0.1, 0.15) is 5.52 Å². The largest absolute Gasteiger partial charge is 0.313 e. The molecule has 2 heterocycles. The van der Waals surface area contributed by atoms with E-state index in [1.165, 1.54) is 6.21 Å². The normalized spacial score (nSPS) is 11.7. The lowest BCUT2D eigenvalue weighted by Gasteiger charge is -2.05. The second-order valence-electron chi connectivity index (χ2n) is 6.85. The number of hydrogen-bond donors (Lipinski definition) is 1. The Morgan fingerprint density at radius 2 is 2.07 bits per heavy atom. The zero-order chi connectivity index (χ0) is 20.9. The number of aryl methyl sites for hydroxylation is 2. The summed E-state index contributed by atoms with van der Waals surface area (Å²) in [5, 5.41) is 16.6. The number of benzene rings is 2. The summed E-state index contributed by atoms with van der Waals surface area (Å²) in [5.74, 6) is 0.385. The van der Waals surface area contributed by atoms with Gasteiger partial charge in [-0.1, -0.05) is 41.1 Å². The van der Waals surface area contributed by atoms with Gasteiger partial charge in [-0.05, 0) is 43.2 Å². The first-order valence-electron chi connectivity index (χ1n) is 9.57. The lowest BCUT2D eigenvalue weighted by Crippen LogP contribution is -2.03. The fourth-order valence-corrected chi connectivity index (χ4v) is 3.38. The van der Waals surface area contributed by atoms with E-state index < -0.39 is 0 Å². The Morgan fingerprint density at radius 1 is 1.20 bits per heavy atom. The molecule has 0 saturated heterocycles. The van der Waals surface area contributed by atoms with E-state index in [0.717, 1.165) is 45.0 Å². The number of aromatic nitrogens is 5. The van der Waals surface area contributed by atoms with Gasteiger partial charge in [0, 0.05) is 41.7 Å². The van der Waals surface area contributed by atoms with Gasteiger partial charge in [0.15, 0.2) is 0 Å². The Balaban J connectivity index is 1.57. The molecule has 0 saturated carbocycles. The van der Waals surface area contributed by atoms with Crippen molar-refractivity contribution in [2.75, 3.05) is 0 Å². The quantitative estimate of drug-likeness (QED) is 0.432. The van der Waals surface area contributed by atoms with E-state index in [9.17, 15) is 0 Å². The molecule has 0 aliphatic rings. The minimum absolute atomic E-state index is 0.385. The maximum atomic E-state index is 7.18. The number of rotatable bonds is 7. The summed E-state index contributed by atoms with van der Waals surface area (Å²) in [4.78, 5) is 13.1. The van der Waals surface area contributed by atoms with Crippen molar-refractivity contribution in [3.05, 3.63) is 65.3 Å². The van der Waals surface area contributed by atoms with Gasteiger partial charge in [0.05, 0.1) is 11.2 Å². The standard InChI is InChI=1S/C22H20ClN7/c1-15(8-11-24)26-22-25-12-9-19(27-22)17-6-7-21-20(14-17)28-29-30(21)13-10-16-4-2-3-5-18(16)23/h2-7,9,11-12,14,24H,8,10,13H2,1H3. The number of fused-ring (bicyclic) bond motifs is 1. The first-order chi connectivity index (χ1) is 14.6. The van der Waals surface area contributed by atoms with Crippen LogP contribution < -0.4 is 0 Å². The van der Waals surface area contributed by atoms with Crippen LogP contribution in [-0.4, -0.2) is 36.9 Å². The molecule has 30 heavy (non-hydrogen) atoms. The zero-order valence-corrected chi connectivity index (χ0v) is 17.2. The van der Waals surface area contributed by atoms with Crippen LogP contribution in [0.25, 0.3) is 22.3 Å². The zero-order valence-electron chi connectivity index (χ0n) is 16.5. The average molecular weight is 418 g/mol. The maximum Gasteiger partial charge on any atom is 0.249 e. The molecule has 0 amide bonds. The Morgan fingerprint density at radius 3 is 2.90 bits per heavy atom. The molecule has 4 rings (SSSR count). The third kappa shape index (κ3) is 4.41. The van der Waals surface area contributed by atoms with Gasteiger partial charge in [-0.25, -0.2) is 19.6 Å². The number of nitrogens with one attached hydrogen (secondary N) is 1. The van der Waals surface area contributed by atoms with Crippen molar-refractivity contribution in [1.29, 1.82) is 5.41 Å². The van der Waals surface area contributed by atoms with E-state index >= 15 is 0 Å². The van der Waals surface area contributed by atoms with Crippen LogP contribution in [0.1, 0.15) is 18.9 Å². The summed E-state index contributed by atoms with van der Waals surface area (Å²) >= 11 is 6.26. The van der Waals surface area contributed by atoms with Gasteiger partial charge in [-0.3, -0.25) is 0 Å². The Hall–Kier alpha value is -3.45. The molecule has 0 unspecified atom stereocenters. The molecule has 2 aromatic heterocycles. The first-order valence-corrected chi connectivity index (χ1v) is 9.95. The highest BCUT2D eigenvalue weighted by Gasteiger charge is 2.09. The van der Waals surface area contributed by atoms with E-state index in [2.05, 4.69) is 25.3 Å². The van der Waals surface area contributed by atoms with Crippen molar-refractivity contribution in [3.63, 3.8) is 0 Å². The molecule has 0 radical (unpaired) electrons. The Kier molecular flexibility index (Phi) is 5.90. The van der Waals surface area contributed by atoms with E-state index in [4.69, 9.17) is 17.0 Å². The Labute approximate surface area is 179 Å². The van der Waals surface area contributed by atoms with Crippen LogP contribution in [0.3, 0.4) is 0 Å². The van der Waals surface area contributed by atoms with E-state index in [1.807, 2.05) is 60.1 Å². The molecule has 2 aromatic carbocycles. The molecular formula is C22H20ClN7. The number of hydrogen-bond acceptors (Lipinski definition) is 6. The van der Waals surface area contributed by atoms with Gasteiger partial charge in [-0.15, -0.1) is 5.10 Å². The summed E-state index contributed by atoms with van der Waals surface area (Å²) in [7, 11) is 0. The van der Waals surface area contributed by atoms with Gasteiger partial charge in [0.2, 0.25) is 5.95 Å². The highest BCUT2D eigenvalue weighted by Crippen LogP contribution is 2.23. The molecule has 0 spiro atoms. The van der Waals surface area contributed by atoms with Gasteiger partial charge in [-0.2, -0.15) is 0 Å². The maximum absolute atomic E-state index is 7.18. The van der Waals surface area contributed by atoms with Crippen molar-refractivity contribution >= 4 is 40.5 Å². The van der Waals surface area contributed by atoms with Crippen LogP contribution in [-0.2, 0) is 13.0 Å². The van der Waals surface area contributed by atoms with E-state index in [0.29, 0.717) is 18.9 Å². The fraction of sp³-hybridized carbons (Fsp3) is 0.182. The van der Waals surface area contributed by atoms with Crippen molar-refractivity contribution in [1.82, 2.24) is 25.0 Å². The molecule has 1 N–H and O–H groups in total. The van der Waals surface area contributed by atoms with Crippen molar-refractivity contribution in [3.8, 4) is 11.3 Å². The second-order valence-corrected chi connectivity index (χ2v) is 7.26. The van der Waals surface area contributed by atoms with Crippen molar-refractivity contribution in [2.24, 2.45) is 4.99 Å². The lowest BCUT2D eigenvalue weighted by atomic mass is 10.1. The molecule has 0 bridgehead atoms. The number of halogens is 1. The smallest absolute Gasteiger partial charge is 0.249 e. The van der Waals surface area contributed by atoms with Crippen molar-refractivity contribution in [2.45, 2.75) is 26.3 Å². The Bertz CT molecular complexity index is 1230. The summed E-state index contributed by atoms with van der Waals surface area (Å²) in [6, 6.07) is 15.6. The van der Waals surface area contributed by atoms with E-state index in [1.54, 1.807) is 6.20 Å². The number of aliphatic imine (C=N–C) groups is 1. The molecule has 7 nitrogen and oxygen atoms in total. The monoisotopic (exact) mass is 417 g/mol. The molecule has 4 aromatic rings. The van der Waals surface area contributed by atoms with E-state index in [-0.39, 0.29) is 0 Å². The van der Waals surface area contributed by atoms with Crippen LogP contribution >= 0.6 is 11.6 Å². The predicted octanol–water partition coefficient (Wildman–Crippen LogP) is 4.92. The molecule has 0 atom stereocenters. The molecule has 0 aliphatic carbocycles. The van der Waals surface area contributed by atoms with Crippen LogP contribution in [0.15, 0.2) is 59.7 Å². The molecule has 8 heteroatoms. The van der Waals surface area contributed by atoms with Gasteiger partial charge in [0.25, 0.3) is 0 Å². The van der Waals surface area contributed by atoms with Crippen LogP contribution in [0, 0.1) is 5.41 Å². The average Bonchev–Trinajstić information content (AvgIpc) is 3.16. The number of nitrogens with zero attached hydrogens (tertiary/aromatic N) is 6. The third-order valence-corrected chi connectivity index (χ3v) is 5.06. The van der Waals surface area contributed by atoms with Crippen LogP contribution in [0.4, 0.5) is 5.95 Å². The molecule has 0 fully saturated rings. The second kappa shape index (κ2) is 8.92. The van der Waals surface area contributed by atoms with Gasteiger partial charge < -0.3 is 5.41 Å². The molecule has 0 aliphatic heterocycles. The predicted molar refractivity (Wildman–Crippen MR) is 120 cm³/mol. The third-order valence-electron chi connectivity index (χ3n) is 4.69. The fourth-order valence-electron chi connectivity index (χ4n) is 3.15. The summed E-state index contributed by atoms with van der Waals surface area (Å²) < 4.78 is 1.89. The van der Waals surface area contributed by atoms with Crippen LogP contribution in [0.2, 0.25) is 5.02 Å². The minimum atomic E-state index is 0.385. The highest BCUT2D eigenvalue weighted by atomic mass is 35.5. The van der Waals surface area contributed by atoms with Crippen LogP contribution in [0.5, 0.6) is 0 Å². The summed E-state index contributed by atoms with van der Waals surface area (Å²) in [6.45, 7) is 2.55. The molecule has 150 valence electrons. The van der Waals surface area contributed by atoms with Gasteiger partial charge >= 0.3 is 0 Å². The summed E-state index contributed by atoms with van der Waals surface area (Å²) in [5.41, 5.74) is 5.32. The highest BCUT2D eigenvalue weighted by molar-refractivity contribution is 6.31.